The number of esters is 1. The minimum absolute atomic E-state index is 0.163. The van der Waals surface area contributed by atoms with E-state index >= 15 is 0 Å². The van der Waals surface area contributed by atoms with E-state index in [0.717, 1.165) is 11.1 Å². The first-order chi connectivity index (χ1) is 11.6. The van der Waals surface area contributed by atoms with Gasteiger partial charge in [-0.15, -0.1) is 0 Å². The molecular formula is C18H15ClN2O3. The van der Waals surface area contributed by atoms with Crippen molar-refractivity contribution in [2.75, 3.05) is 0 Å². The maximum atomic E-state index is 11.9. The Morgan fingerprint density at radius 2 is 1.83 bits per heavy atom. The molecule has 24 heavy (non-hydrogen) atoms. The van der Waals surface area contributed by atoms with Gasteiger partial charge in [0.15, 0.2) is 0 Å². The average Bonchev–Trinajstić information content (AvgIpc) is 3.05. The highest BCUT2D eigenvalue weighted by Gasteiger charge is 2.12. The first-order valence-corrected chi connectivity index (χ1v) is 7.84. The molecule has 0 aliphatic heterocycles. The van der Waals surface area contributed by atoms with Crippen molar-refractivity contribution in [2.45, 2.75) is 19.8 Å². The fraction of sp³-hybridized carbons (Fsp3) is 0.167. The third kappa shape index (κ3) is 4.20. The summed E-state index contributed by atoms with van der Waals surface area (Å²) in [5.41, 5.74) is 1.91. The lowest BCUT2D eigenvalue weighted by Gasteiger charge is -2.03. The Morgan fingerprint density at radius 3 is 2.54 bits per heavy atom. The summed E-state index contributed by atoms with van der Waals surface area (Å²) in [5.74, 6) is 1.04. The van der Waals surface area contributed by atoms with Gasteiger partial charge in [-0.1, -0.05) is 34.5 Å². The number of ether oxygens (including phenoxy) is 1. The summed E-state index contributed by atoms with van der Waals surface area (Å²) in [6.45, 7) is 1.97. The Morgan fingerprint density at radius 1 is 1.12 bits per heavy atom. The molecule has 122 valence electrons. The highest BCUT2D eigenvalue weighted by Crippen LogP contribution is 2.19. The van der Waals surface area contributed by atoms with Gasteiger partial charge in [-0.25, -0.2) is 0 Å². The van der Waals surface area contributed by atoms with E-state index in [0.29, 0.717) is 28.9 Å². The number of benzene rings is 2. The number of halogens is 1. The summed E-state index contributed by atoms with van der Waals surface area (Å²) in [4.78, 5) is 16.1. The lowest BCUT2D eigenvalue weighted by Crippen LogP contribution is -2.09. The average molecular weight is 343 g/mol. The molecule has 6 heteroatoms. The molecule has 0 bridgehead atoms. The van der Waals surface area contributed by atoms with E-state index < -0.39 is 0 Å². The summed E-state index contributed by atoms with van der Waals surface area (Å²) >= 11 is 5.85. The van der Waals surface area contributed by atoms with Crippen LogP contribution >= 0.6 is 11.6 Å². The van der Waals surface area contributed by atoms with Crippen molar-refractivity contribution in [3.05, 3.63) is 65.0 Å². The molecule has 0 radical (unpaired) electrons. The van der Waals surface area contributed by atoms with Crippen LogP contribution in [0.2, 0.25) is 5.02 Å². The van der Waals surface area contributed by atoms with Crippen molar-refractivity contribution in [3.8, 4) is 17.1 Å². The Bertz CT molecular complexity index is 826. The van der Waals surface area contributed by atoms with E-state index in [1.54, 1.807) is 24.3 Å². The second kappa shape index (κ2) is 7.27. The van der Waals surface area contributed by atoms with Crippen LogP contribution < -0.4 is 4.74 Å². The number of carbonyl (C=O) groups excluding carboxylic acids is 1. The SMILES string of the molecule is Cc1ccc(OC(=O)CCc2nc(-c3ccc(Cl)cc3)no2)cc1. The monoisotopic (exact) mass is 342 g/mol. The summed E-state index contributed by atoms with van der Waals surface area (Å²) < 4.78 is 10.4. The van der Waals surface area contributed by atoms with E-state index in [-0.39, 0.29) is 12.4 Å². The Hall–Kier alpha value is -2.66. The first-order valence-electron chi connectivity index (χ1n) is 7.46. The fourth-order valence-electron chi connectivity index (χ4n) is 2.07. The van der Waals surface area contributed by atoms with E-state index in [2.05, 4.69) is 10.1 Å². The van der Waals surface area contributed by atoms with Gasteiger partial charge in [0, 0.05) is 17.0 Å². The smallest absolute Gasteiger partial charge is 0.311 e. The predicted octanol–water partition coefficient (Wildman–Crippen LogP) is 4.24. The molecule has 0 saturated heterocycles. The van der Waals surface area contributed by atoms with Crippen molar-refractivity contribution >= 4 is 17.6 Å². The van der Waals surface area contributed by atoms with Gasteiger partial charge in [0.1, 0.15) is 5.75 Å². The molecule has 0 aliphatic rings. The van der Waals surface area contributed by atoms with E-state index in [4.69, 9.17) is 20.9 Å². The summed E-state index contributed by atoms with van der Waals surface area (Å²) in [6, 6.07) is 14.4. The zero-order valence-electron chi connectivity index (χ0n) is 13.0. The van der Waals surface area contributed by atoms with Gasteiger partial charge in [-0.2, -0.15) is 4.98 Å². The molecule has 2 aromatic carbocycles. The van der Waals surface area contributed by atoms with Crippen LogP contribution in [0.3, 0.4) is 0 Å². The third-order valence-electron chi connectivity index (χ3n) is 3.37. The third-order valence-corrected chi connectivity index (χ3v) is 3.62. The van der Waals surface area contributed by atoms with Crippen LogP contribution in [-0.4, -0.2) is 16.1 Å². The van der Waals surface area contributed by atoms with Gasteiger partial charge in [-0.05, 0) is 43.3 Å². The molecule has 3 rings (SSSR count). The predicted molar refractivity (Wildman–Crippen MR) is 89.9 cm³/mol. The number of nitrogens with zero attached hydrogens (tertiary/aromatic N) is 2. The minimum Gasteiger partial charge on any atom is -0.427 e. The highest BCUT2D eigenvalue weighted by atomic mass is 35.5. The van der Waals surface area contributed by atoms with E-state index in [9.17, 15) is 4.79 Å². The minimum atomic E-state index is -0.343. The molecule has 0 unspecified atom stereocenters. The van der Waals surface area contributed by atoms with Crippen molar-refractivity contribution in [1.29, 1.82) is 0 Å². The summed E-state index contributed by atoms with van der Waals surface area (Å²) in [6.07, 6.45) is 0.488. The number of carbonyl (C=O) groups is 1. The van der Waals surface area contributed by atoms with E-state index in [1.165, 1.54) is 0 Å². The van der Waals surface area contributed by atoms with Gasteiger partial charge >= 0.3 is 5.97 Å². The van der Waals surface area contributed by atoms with Crippen LogP contribution in [0.5, 0.6) is 5.75 Å². The zero-order valence-corrected chi connectivity index (χ0v) is 13.8. The van der Waals surface area contributed by atoms with Gasteiger partial charge in [0.25, 0.3) is 0 Å². The van der Waals surface area contributed by atoms with Crippen LogP contribution in [-0.2, 0) is 11.2 Å². The van der Waals surface area contributed by atoms with Crippen LogP contribution in [0.25, 0.3) is 11.4 Å². The second-order valence-corrected chi connectivity index (χ2v) is 5.74. The molecule has 1 aromatic heterocycles. The Labute approximate surface area is 144 Å². The molecular weight excluding hydrogens is 328 g/mol. The highest BCUT2D eigenvalue weighted by molar-refractivity contribution is 6.30. The Kier molecular flexibility index (Phi) is 4.91. The Balaban J connectivity index is 1.56. The zero-order chi connectivity index (χ0) is 16.9. The molecule has 3 aromatic rings. The topological polar surface area (TPSA) is 65.2 Å². The van der Waals surface area contributed by atoms with Crippen LogP contribution in [0.1, 0.15) is 17.9 Å². The maximum absolute atomic E-state index is 11.9. The summed E-state index contributed by atoms with van der Waals surface area (Å²) in [7, 11) is 0. The van der Waals surface area contributed by atoms with Crippen molar-refractivity contribution in [3.63, 3.8) is 0 Å². The normalized spacial score (nSPS) is 10.6. The standard InChI is InChI=1S/C18H15ClN2O3/c1-12-2-8-15(9-3-12)23-17(22)11-10-16-20-18(21-24-16)13-4-6-14(19)7-5-13/h2-9H,10-11H2,1H3. The molecule has 0 atom stereocenters. The number of hydrogen-bond acceptors (Lipinski definition) is 5. The van der Waals surface area contributed by atoms with Gasteiger partial charge < -0.3 is 9.26 Å². The molecule has 0 fully saturated rings. The van der Waals surface area contributed by atoms with Crippen LogP contribution in [0.15, 0.2) is 53.1 Å². The molecule has 1 heterocycles. The van der Waals surface area contributed by atoms with Gasteiger partial charge in [-0.3, -0.25) is 4.79 Å². The molecule has 0 N–H and O–H groups in total. The van der Waals surface area contributed by atoms with Crippen molar-refractivity contribution < 1.29 is 14.1 Å². The number of hydrogen-bond donors (Lipinski definition) is 0. The number of aryl methyl sites for hydroxylation is 2. The van der Waals surface area contributed by atoms with Crippen molar-refractivity contribution in [1.82, 2.24) is 10.1 Å². The van der Waals surface area contributed by atoms with Crippen LogP contribution in [0, 0.1) is 6.92 Å². The quantitative estimate of drug-likeness (QED) is 0.512. The molecule has 0 saturated carbocycles. The lowest BCUT2D eigenvalue weighted by atomic mass is 10.2. The molecule has 5 nitrogen and oxygen atoms in total. The first kappa shape index (κ1) is 16.2. The largest absolute Gasteiger partial charge is 0.427 e. The second-order valence-electron chi connectivity index (χ2n) is 5.31. The van der Waals surface area contributed by atoms with Gasteiger partial charge in [0.05, 0.1) is 6.42 Å². The van der Waals surface area contributed by atoms with E-state index in [1.807, 2.05) is 31.2 Å². The molecule has 0 aliphatic carbocycles. The van der Waals surface area contributed by atoms with Gasteiger partial charge in [0.2, 0.25) is 11.7 Å². The van der Waals surface area contributed by atoms with Crippen LogP contribution in [0.4, 0.5) is 0 Å². The number of aromatic nitrogens is 2. The fourth-order valence-corrected chi connectivity index (χ4v) is 2.20. The molecule has 0 amide bonds. The maximum Gasteiger partial charge on any atom is 0.311 e. The number of rotatable bonds is 5. The molecule has 0 spiro atoms. The lowest BCUT2D eigenvalue weighted by molar-refractivity contribution is -0.134. The summed E-state index contributed by atoms with van der Waals surface area (Å²) in [5, 5.41) is 4.55. The van der Waals surface area contributed by atoms with Crippen molar-refractivity contribution in [2.24, 2.45) is 0 Å².